The summed E-state index contributed by atoms with van der Waals surface area (Å²) in [4.78, 5) is 14.9. The molecule has 56 heavy (non-hydrogen) atoms. The highest BCUT2D eigenvalue weighted by atomic mass is 15.0. The monoisotopic (exact) mass is 718 g/mol. The van der Waals surface area contributed by atoms with Gasteiger partial charge in [0.25, 0.3) is 0 Å². The van der Waals surface area contributed by atoms with E-state index in [-0.39, 0.29) is 5.41 Å². The minimum Gasteiger partial charge on any atom is -0.208 e. The van der Waals surface area contributed by atoms with Gasteiger partial charge < -0.3 is 0 Å². The van der Waals surface area contributed by atoms with Crippen LogP contribution in [-0.2, 0) is 5.41 Å². The summed E-state index contributed by atoms with van der Waals surface area (Å²) >= 11 is 0. The fourth-order valence-corrected chi connectivity index (χ4v) is 9.01. The van der Waals surface area contributed by atoms with E-state index in [1.54, 1.807) is 0 Å². The Bertz CT molecular complexity index is 2740. The third-order valence-corrected chi connectivity index (χ3v) is 11.8. The van der Waals surface area contributed by atoms with Crippen LogP contribution in [0.5, 0.6) is 0 Å². The van der Waals surface area contributed by atoms with Gasteiger partial charge >= 0.3 is 0 Å². The van der Waals surface area contributed by atoms with Crippen molar-refractivity contribution in [1.29, 1.82) is 5.26 Å². The fourth-order valence-electron chi connectivity index (χ4n) is 9.01. The quantitative estimate of drug-likeness (QED) is 0.172. The molecule has 1 spiro atoms. The zero-order chi connectivity index (χ0) is 37.5. The average Bonchev–Trinajstić information content (AvgIpc) is 3.55. The Morgan fingerprint density at radius 2 is 0.857 bits per heavy atom. The van der Waals surface area contributed by atoms with Gasteiger partial charge in [-0.25, -0.2) is 15.0 Å². The van der Waals surface area contributed by atoms with Crippen LogP contribution in [0.1, 0.15) is 48.8 Å². The van der Waals surface area contributed by atoms with E-state index >= 15 is 0 Å². The van der Waals surface area contributed by atoms with Crippen LogP contribution in [-0.4, -0.2) is 15.0 Å². The molecule has 4 nitrogen and oxygen atoms in total. The first kappa shape index (κ1) is 33.6. The van der Waals surface area contributed by atoms with E-state index < -0.39 is 0 Å². The SMILES string of the molecule is N#Cc1ccc2c(c1)-c1c(-c3ccc(-c4ccc(-c5nc(-c6ccccc6)nc(-c6ccc(-c7ccccc7)cc6)n5)cc4)cc3)cccc1C21CCCCC1. The molecule has 10 rings (SSSR count). The molecule has 8 aromatic rings. The Labute approximate surface area is 327 Å². The second-order valence-electron chi connectivity index (χ2n) is 15.0. The van der Waals surface area contributed by atoms with Gasteiger partial charge in [-0.1, -0.05) is 177 Å². The molecule has 4 heteroatoms. The Kier molecular flexibility index (Phi) is 8.42. The van der Waals surface area contributed by atoms with Crippen LogP contribution in [0, 0.1) is 11.3 Å². The van der Waals surface area contributed by atoms with Gasteiger partial charge in [-0.2, -0.15) is 5.26 Å². The minimum atomic E-state index is 0.0444. The van der Waals surface area contributed by atoms with Gasteiger partial charge in [0.1, 0.15) is 0 Å². The summed E-state index contributed by atoms with van der Waals surface area (Å²) < 4.78 is 0. The van der Waals surface area contributed by atoms with Crippen molar-refractivity contribution in [3.8, 4) is 84.7 Å². The Morgan fingerprint density at radius 1 is 0.393 bits per heavy atom. The summed E-state index contributed by atoms with van der Waals surface area (Å²) in [7, 11) is 0. The molecule has 266 valence electrons. The van der Waals surface area contributed by atoms with Gasteiger partial charge in [0.15, 0.2) is 17.5 Å². The van der Waals surface area contributed by atoms with Crippen LogP contribution in [0.25, 0.3) is 78.7 Å². The van der Waals surface area contributed by atoms with Gasteiger partial charge in [-0.05, 0) is 80.6 Å². The number of fused-ring (bicyclic) bond motifs is 5. The number of nitrogens with zero attached hydrogens (tertiary/aromatic N) is 4. The number of hydrogen-bond acceptors (Lipinski definition) is 4. The van der Waals surface area contributed by atoms with Crippen LogP contribution in [0.4, 0.5) is 0 Å². The number of aromatic nitrogens is 3. The van der Waals surface area contributed by atoms with E-state index in [0.717, 1.165) is 38.9 Å². The van der Waals surface area contributed by atoms with E-state index in [4.69, 9.17) is 15.0 Å². The van der Waals surface area contributed by atoms with Gasteiger partial charge in [-0.3, -0.25) is 0 Å². The first-order chi connectivity index (χ1) is 27.7. The lowest BCUT2D eigenvalue weighted by molar-refractivity contribution is 0.353. The molecule has 7 aromatic carbocycles. The summed E-state index contributed by atoms with van der Waals surface area (Å²) in [6.45, 7) is 0. The molecule has 1 fully saturated rings. The van der Waals surface area contributed by atoms with E-state index in [9.17, 15) is 5.26 Å². The highest BCUT2D eigenvalue weighted by molar-refractivity contribution is 5.93. The second-order valence-corrected chi connectivity index (χ2v) is 15.0. The van der Waals surface area contributed by atoms with Gasteiger partial charge in [-0.15, -0.1) is 0 Å². The topological polar surface area (TPSA) is 62.5 Å². The van der Waals surface area contributed by atoms with E-state index in [1.807, 2.05) is 42.5 Å². The van der Waals surface area contributed by atoms with E-state index in [2.05, 4.69) is 133 Å². The zero-order valence-corrected chi connectivity index (χ0v) is 31.0. The molecule has 1 aromatic heterocycles. The summed E-state index contributed by atoms with van der Waals surface area (Å²) in [6.07, 6.45) is 6.10. The standard InChI is InChI=1S/C52H38N4/c53-34-35-17-30-46-45(33-35)48-44(15-10-16-47(48)52(46)31-8-3-9-32-52)40-24-18-38(19-25-40)39-22-28-43(29-23-39)51-55-49(41-13-6-2-7-14-41)54-50(56-51)42-26-20-37(21-27-42)36-11-4-1-5-12-36/h1-2,4-7,10-30,33H,3,8-9,31-32H2. The Hall–Kier alpha value is -6.96. The van der Waals surface area contributed by atoms with Crippen LogP contribution in [0.3, 0.4) is 0 Å². The molecule has 0 radical (unpaired) electrons. The maximum atomic E-state index is 9.83. The third kappa shape index (κ3) is 5.90. The van der Waals surface area contributed by atoms with Crippen molar-refractivity contribution < 1.29 is 0 Å². The van der Waals surface area contributed by atoms with Crippen LogP contribution in [0.2, 0.25) is 0 Å². The molecule has 0 atom stereocenters. The third-order valence-electron chi connectivity index (χ3n) is 11.8. The summed E-state index contributed by atoms with van der Waals surface area (Å²) in [5.41, 5.74) is 16.0. The average molecular weight is 719 g/mol. The molecule has 0 bridgehead atoms. The molecule has 1 saturated carbocycles. The molecular formula is C52H38N4. The maximum Gasteiger partial charge on any atom is 0.164 e. The second kappa shape index (κ2) is 14.0. The number of hydrogen-bond donors (Lipinski definition) is 0. The minimum absolute atomic E-state index is 0.0444. The molecule has 0 saturated heterocycles. The van der Waals surface area contributed by atoms with Crippen molar-refractivity contribution in [2.24, 2.45) is 0 Å². The number of benzene rings is 7. The predicted molar refractivity (Wildman–Crippen MR) is 226 cm³/mol. The van der Waals surface area contributed by atoms with Crippen molar-refractivity contribution in [2.45, 2.75) is 37.5 Å². The normalized spacial score (nSPS) is 13.8. The maximum absolute atomic E-state index is 9.83. The zero-order valence-electron chi connectivity index (χ0n) is 31.0. The van der Waals surface area contributed by atoms with Gasteiger partial charge in [0.05, 0.1) is 11.6 Å². The van der Waals surface area contributed by atoms with Crippen LogP contribution in [0.15, 0.2) is 170 Å². The lowest BCUT2D eigenvalue weighted by Gasteiger charge is -2.36. The van der Waals surface area contributed by atoms with Crippen molar-refractivity contribution in [3.05, 3.63) is 187 Å². The Balaban J connectivity index is 0.972. The molecule has 0 unspecified atom stereocenters. The molecular weight excluding hydrogens is 681 g/mol. The Morgan fingerprint density at radius 3 is 1.39 bits per heavy atom. The summed E-state index contributed by atoms with van der Waals surface area (Å²) in [5, 5.41) is 9.83. The molecule has 0 aliphatic heterocycles. The molecule has 0 N–H and O–H groups in total. The molecule has 0 amide bonds. The summed E-state index contributed by atoms with van der Waals surface area (Å²) in [5.74, 6) is 1.92. The van der Waals surface area contributed by atoms with Gasteiger partial charge in [0.2, 0.25) is 0 Å². The van der Waals surface area contributed by atoms with E-state index in [1.165, 1.54) is 71.0 Å². The smallest absolute Gasteiger partial charge is 0.164 e. The first-order valence-electron chi connectivity index (χ1n) is 19.5. The van der Waals surface area contributed by atoms with Gasteiger partial charge in [0, 0.05) is 22.1 Å². The first-order valence-corrected chi connectivity index (χ1v) is 19.5. The lowest BCUT2D eigenvalue weighted by atomic mass is 9.67. The number of rotatable bonds is 6. The number of nitriles is 1. The highest BCUT2D eigenvalue weighted by Crippen LogP contribution is 2.58. The van der Waals surface area contributed by atoms with Crippen molar-refractivity contribution in [1.82, 2.24) is 15.0 Å². The fraction of sp³-hybridized carbons (Fsp3) is 0.115. The van der Waals surface area contributed by atoms with Crippen molar-refractivity contribution in [3.63, 3.8) is 0 Å². The predicted octanol–water partition coefficient (Wildman–Crippen LogP) is 13.0. The van der Waals surface area contributed by atoms with E-state index in [0.29, 0.717) is 17.5 Å². The molecule has 2 aliphatic carbocycles. The van der Waals surface area contributed by atoms with Crippen LogP contribution >= 0.6 is 0 Å². The highest BCUT2D eigenvalue weighted by Gasteiger charge is 2.44. The lowest BCUT2D eigenvalue weighted by Crippen LogP contribution is -2.28. The molecule has 1 heterocycles. The molecule has 2 aliphatic rings. The van der Waals surface area contributed by atoms with Crippen molar-refractivity contribution in [2.75, 3.05) is 0 Å². The van der Waals surface area contributed by atoms with Crippen LogP contribution < -0.4 is 0 Å². The largest absolute Gasteiger partial charge is 0.208 e. The summed E-state index contributed by atoms with van der Waals surface area (Å²) in [6, 6.07) is 61.9. The van der Waals surface area contributed by atoms with Crippen molar-refractivity contribution >= 4 is 0 Å².